The molecule has 11 heteroatoms. The Kier molecular flexibility index (Phi) is 20.1. The number of unbranched alkanes of at least 4 members (excludes halogenated alkanes) is 2. The Morgan fingerprint density at radius 2 is 1.03 bits per heavy atom. The van der Waals surface area contributed by atoms with Gasteiger partial charge in [0, 0.05) is 49.7 Å². The predicted octanol–water partition coefficient (Wildman–Crippen LogP) is -1.25. The van der Waals surface area contributed by atoms with Crippen LogP contribution < -0.4 is 11.5 Å². The molecule has 0 rings (SSSR count). The van der Waals surface area contributed by atoms with Crippen molar-refractivity contribution < 1.29 is 38.6 Å². The lowest BCUT2D eigenvalue weighted by molar-refractivity contribution is -0.368. The third kappa shape index (κ3) is 26.2. The molecule has 0 aliphatic rings. The fourth-order valence-electron chi connectivity index (χ4n) is 1.81. The zero-order valence-corrected chi connectivity index (χ0v) is 19.4. The molecule has 0 aliphatic heterocycles. The lowest BCUT2D eigenvalue weighted by atomic mass is 10.2. The number of hydrogen-bond donors (Lipinski definition) is 2. The summed E-state index contributed by atoms with van der Waals surface area (Å²) in [6, 6.07) is 0. The van der Waals surface area contributed by atoms with Gasteiger partial charge in [-0.3, -0.25) is 18.0 Å². The fraction of sp³-hybridized carbons (Fsp3) is 0.667. The molecular formula is C18H38N4O6S. The molecular weight excluding hydrogens is 400 g/mol. The van der Waals surface area contributed by atoms with Gasteiger partial charge in [-0.25, -0.2) is 0 Å². The molecule has 29 heavy (non-hydrogen) atoms. The standard InChI is InChI=1S/2C9H18N2O.H2O4S/c2*1-8(6-4-5-7-10)9(12)11(2)3;1-5(2,3)4/h2*6H,4-5,7,10H2,1-3H3;(H2,1,2,3,4). The molecule has 0 aliphatic carbocycles. The summed E-state index contributed by atoms with van der Waals surface area (Å²) >= 11 is 0. The summed E-state index contributed by atoms with van der Waals surface area (Å²) in [4.78, 5) is 25.7. The van der Waals surface area contributed by atoms with Crippen LogP contribution >= 0.6 is 0 Å². The molecule has 2 amide bonds. The van der Waals surface area contributed by atoms with Crippen LogP contribution in [0.25, 0.3) is 0 Å². The van der Waals surface area contributed by atoms with Crippen LogP contribution in [0.15, 0.2) is 23.3 Å². The van der Waals surface area contributed by atoms with Crippen LogP contribution in [0.2, 0.25) is 0 Å². The van der Waals surface area contributed by atoms with E-state index in [4.69, 9.17) is 17.5 Å². The molecule has 172 valence electrons. The van der Waals surface area contributed by atoms with Crippen LogP contribution in [-0.4, -0.2) is 80.4 Å². The van der Waals surface area contributed by atoms with Crippen molar-refractivity contribution in [1.82, 2.24) is 9.80 Å². The maximum Gasteiger partial charge on any atom is 0.248 e. The van der Waals surface area contributed by atoms with Gasteiger partial charge in [-0.15, -0.1) is 0 Å². The molecule has 0 atom stereocenters. The minimum absolute atomic E-state index is 0.0964. The third-order valence-corrected chi connectivity index (χ3v) is 3.30. The smallest absolute Gasteiger partial charge is 0.248 e. The number of rotatable bonds is 8. The minimum atomic E-state index is -5.17. The van der Waals surface area contributed by atoms with E-state index in [9.17, 15) is 9.59 Å². The van der Waals surface area contributed by atoms with Crippen molar-refractivity contribution in [2.24, 2.45) is 0 Å². The van der Waals surface area contributed by atoms with E-state index >= 15 is 0 Å². The maximum absolute atomic E-state index is 11.3. The normalized spacial score (nSPS) is 11.5. The number of allylic oxidation sites excluding steroid dienone is 2. The second-order valence-corrected chi connectivity index (χ2v) is 7.39. The van der Waals surface area contributed by atoms with Crippen LogP contribution in [0, 0.1) is 0 Å². The highest BCUT2D eigenvalue weighted by atomic mass is 32.3. The molecule has 0 unspecified atom stereocenters. The van der Waals surface area contributed by atoms with Crippen molar-refractivity contribution in [3.8, 4) is 0 Å². The van der Waals surface area contributed by atoms with Gasteiger partial charge < -0.3 is 30.4 Å². The van der Waals surface area contributed by atoms with E-state index in [0.717, 1.165) is 49.9 Å². The van der Waals surface area contributed by atoms with Gasteiger partial charge in [0.2, 0.25) is 11.8 Å². The van der Waals surface area contributed by atoms with Gasteiger partial charge in [0.1, 0.15) is 0 Å². The van der Waals surface area contributed by atoms with Gasteiger partial charge in [0.25, 0.3) is 0 Å². The van der Waals surface area contributed by atoms with Crippen molar-refractivity contribution in [3.05, 3.63) is 23.3 Å². The van der Waals surface area contributed by atoms with Gasteiger partial charge in [-0.05, 0) is 39.5 Å². The molecule has 0 spiro atoms. The summed E-state index contributed by atoms with van der Waals surface area (Å²) in [5.74, 6) is 0.193. The van der Waals surface area contributed by atoms with Crippen LogP contribution in [0.1, 0.15) is 39.5 Å². The summed E-state index contributed by atoms with van der Waals surface area (Å²) in [5, 5.41) is 0. The first kappa shape index (κ1) is 31.9. The van der Waals surface area contributed by atoms with Crippen molar-refractivity contribution in [3.63, 3.8) is 0 Å². The van der Waals surface area contributed by atoms with Gasteiger partial charge in [0.05, 0.1) is 13.1 Å². The van der Waals surface area contributed by atoms with Crippen LogP contribution in [-0.2, 0) is 20.0 Å². The summed E-state index contributed by atoms with van der Waals surface area (Å²) in [7, 11) is 1.89. The second-order valence-electron chi connectivity index (χ2n) is 6.57. The molecule has 0 bridgehead atoms. The highest BCUT2D eigenvalue weighted by Crippen LogP contribution is 2.01. The molecule has 0 saturated carbocycles. The summed E-state index contributed by atoms with van der Waals surface area (Å²) in [6.07, 6.45) is 7.97. The van der Waals surface area contributed by atoms with Gasteiger partial charge in [0.15, 0.2) is 0 Å². The van der Waals surface area contributed by atoms with Crippen molar-refractivity contribution in [2.45, 2.75) is 39.5 Å². The molecule has 6 N–H and O–H groups in total. The summed E-state index contributed by atoms with van der Waals surface area (Å²) in [5.41, 5.74) is 9.13. The molecule has 0 fully saturated rings. The first-order valence-corrected chi connectivity index (χ1v) is 10.5. The number of hydrogen-bond acceptors (Lipinski definition) is 6. The Labute approximate surface area is 175 Å². The van der Waals surface area contributed by atoms with Crippen molar-refractivity contribution in [1.29, 1.82) is 0 Å². The quantitative estimate of drug-likeness (QED) is 0.207. The number of quaternary nitrogens is 2. The van der Waals surface area contributed by atoms with E-state index in [1.807, 2.05) is 26.0 Å². The van der Waals surface area contributed by atoms with Gasteiger partial charge in [-0.1, -0.05) is 12.2 Å². The van der Waals surface area contributed by atoms with E-state index in [2.05, 4.69) is 11.5 Å². The van der Waals surface area contributed by atoms with E-state index in [1.54, 1.807) is 38.0 Å². The molecule has 0 heterocycles. The number of nitrogens with zero attached hydrogens (tertiary/aromatic N) is 2. The Bertz CT molecular complexity index is 580. The Balaban J connectivity index is -0.000000380. The minimum Gasteiger partial charge on any atom is -0.759 e. The third-order valence-electron chi connectivity index (χ3n) is 3.30. The predicted molar refractivity (Wildman–Crippen MR) is 109 cm³/mol. The van der Waals surface area contributed by atoms with Gasteiger partial charge >= 0.3 is 0 Å². The largest absolute Gasteiger partial charge is 0.759 e. The number of carbonyl (C=O) groups is 2. The Morgan fingerprint density at radius 3 is 1.21 bits per heavy atom. The molecule has 10 nitrogen and oxygen atoms in total. The SMILES string of the molecule is CC(=CCCC[NH3+])C(=O)N(C)C.CC(=CCCC[NH3+])C(=O)N(C)C.O=S(=O)([O-])[O-]. The fourth-order valence-corrected chi connectivity index (χ4v) is 1.81. The summed E-state index contributed by atoms with van der Waals surface area (Å²) in [6.45, 7) is 5.57. The monoisotopic (exact) mass is 438 g/mol. The average Bonchev–Trinajstić information content (AvgIpc) is 2.59. The van der Waals surface area contributed by atoms with E-state index < -0.39 is 10.4 Å². The number of amides is 2. The Hall–Kier alpha value is -1.79. The lowest BCUT2D eigenvalue weighted by Gasteiger charge is -2.09. The highest BCUT2D eigenvalue weighted by molar-refractivity contribution is 7.79. The summed E-state index contributed by atoms with van der Waals surface area (Å²) < 4.78 is 34.1. The highest BCUT2D eigenvalue weighted by Gasteiger charge is 2.05. The lowest BCUT2D eigenvalue weighted by Crippen LogP contribution is -2.50. The second kappa shape index (κ2) is 18.3. The zero-order valence-electron chi connectivity index (χ0n) is 18.6. The first-order chi connectivity index (χ1) is 13.2. The first-order valence-electron chi connectivity index (χ1n) is 9.20. The topological polar surface area (TPSA) is 176 Å². The maximum atomic E-state index is 11.3. The van der Waals surface area contributed by atoms with Gasteiger partial charge in [-0.2, -0.15) is 0 Å². The molecule has 0 saturated heterocycles. The average molecular weight is 439 g/mol. The van der Waals surface area contributed by atoms with E-state index in [1.165, 1.54) is 0 Å². The molecule has 0 aromatic heterocycles. The van der Waals surface area contributed by atoms with Crippen molar-refractivity contribution >= 4 is 22.2 Å². The van der Waals surface area contributed by atoms with Crippen LogP contribution in [0.4, 0.5) is 0 Å². The Morgan fingerprint density at radius 1 is 0.793 bits per heavy atom. The van der Waals surface area contributed by atoms with E-state index in [0.29, 0.717) is 0 Å². The number of likely N-dealkylation sites (N-methyl/N-ethyl adjacent to an activating group) is 2. The molecule has 0 aromatic carbocycles. The van der Waals surface area contributed by atoms with Crippen LogP contribution in [0.3, 0.4) is 0 Å². The number of carbonyl (C=O) groups excluding carboxylic acids is 2. The van der Waals surface area contributed by atoms with E-state index in [-0.39, 0.29) is 11.8 Å². The zero-order chi connectivity index (χ0) is 23.6. The van der Waals surface area contributed by atoms with Crippen LogP contribution in [0.5, 0.6) is 0 Å². The molecule has 0 aromatic rings. The molecule has 0 radical (unpaired) electrons. The van der Waals surface area contributed by atoms with Crippen molar-refractivity contribution in [2.75, 3.05) is 41.3 Å².